The van der Waals surface area contributed by atoms with E-state index in [1.54, 1.807) is 25.5 Å². The number of anilines is 3. The predicted molar refractivity (Wildman–Crippen MR) is 293 cm³/mol. The van der Waals surface area contributed by atoms with E-state index in [1.165, 1.54) is 35.6 Å². The van der Waals surface area contributed by atoms with Gasteiger partial charge in [-0.05, 0) is 86.7 Å². The number of hydrogen-bond donors (Lipinski definition) is 6. The minimum atomic E-state index is -0.745. The molecular formula is C55H80KN9O6S. The summed E-state index contributed by atoms with van der Waals surface area (Å²) in [6, 6.07) is 15.5. The Hall–Kier alpha value is -4.20. The normalized spacial score (nSPS) is 14.7. The first kappa shape index (κ1) is 62.1. The standard InChI is InChI=1S/C44H56N9O4S.C6H12.C3H6O2.C2H6.K/c1-7-13-36(27(4)46-26-47-37(28-16-17-28)24-50(5)30(8-2)21-32(25-54)53(58)39(55)9-3)48-29-18-19-38-33(20-29)34-22-51(6)44(57)42-40(34)35(41(49-42)43(45)56)23-52(38)31-14-11-10-12-15-31;1-2-6-4-3-5-6;1-2-3(4)5;1-2;/h10-15,18-20,22,25,27,30,32,47-49,58H,7-9,16-17,21,23-24,26H2,1-6H3,(H2,45,56);6H,2-5H2,1H3;2H2,1H3,(H,4,5);1-2H3;/q-1;;;;+1/b36-13+;;;;. The number of likely N-dealkylation sites (N-methyl/N-ethyl adjacent to an activating group) is 1. The van der Waals surface area contributed by atoms with Crippen molar-refractivity contribution < 1.29 is 75.7 Å². The predicted octanol–water partition coefficient (Wildman–Crippen LogP) is 7.81. The molecule has 7 rings (SSSR count). The molecular weight excluding hydrogens is 954 g/mol. The zero-order valence-corrected chi connectivity index (χ0v) is 48.8. The number of carbonyl (C=O) groups excluding carboxylic acids is 3. The number of aryl methyl sites for hydroxylation is 1. The molecule has 0 saturated heterocycles. The molecule has 0 spiro atoms. The fourth-order valence-corrected chi connectivity index (χ4v) is 9.02. The second-order valence-electron chi connectivity index (χ2n) is 18.1. The van der Waals surface area contributed by atoms with E-state index in [0.29, 0.717) is 49.1 Å². The van der Waals surface area contributed by atoms with Crippen molar-refractivity contribution in [1.29, 1.82) is 0 Å². The maximum Gasteiger partial charge on any atom is 1.00 e. The van der Waals surface area contributed by atoms with Crippen LogP contribution in [-0.4, -0.2) is 86.3 Å². The minimum absolute atomic E-state index is 0. The number of amides is 2. The summed E-state index contributed by atoms with van der Waals surface area (Å²) in [5, 5.41) is 20.7. The molecule has 0 bridgehead atoms. The molecule has 3 aliphatic rings. The van der Waals surface area contributed by atoms with Gasteiger partial charge in [0.2, 0.25) is 5.91 Å². The number of nitrogens with zero attached hydrogens (tertiary/aromatic N) is 5. The maximum absolute atomic E-state index is 13.4. The van der Waals surface area contributed by atoms with E-state index in [-0.39, 0.29) is 87.0 Å². The topological polar surface area (TPSA) is 200 Å². The van der Waals surface area contributed by atoms with Crippen LogP contribution in [0.15, 0.2) is 82.6 Å². The van der Waals surface area contributed by atoms with E-state index in [9.17, 15) is 24.0 Å². The molecule has 1 aliphatic heterocycles. The third-order valence-electron chi connectivity index (χ3n) is 13.3. The number of aliphatic carboxylic acids is 1. The van der Waals surface area contributed by atoms with E-state index in [4.69, 9.17) is 16.2 Å². The van der Waals surface area contributed by atoms with Crippen LogP contribution < -0.4 is 78.2 Å². The molecule has 2 saturated carbocycles. The first-order valence-corrected chi connectivity index (χ1v) is 26.0. The number of nitrogens with one attached hydrogen (secondary N) is 3. The van der Waals surface area contributed by atoms with Gasteiger partial charge in [-0.1, -0.05) is 131 Å². The second kappa shape index (κ2) is 30.9. The van der Waals surface area contributed by atoms with Crippen molar-refractivity contribution >= 4 is 64.8 Å². The molecule has 72 heavy (non-hydrogen) atoms. The van der Waals surface area contributed by atoms with Crippen LogP contribution in [0.1, 0.15) is 142 Å². The number of aromatic nitrogens is 2. The smallest absolute Gasteiger partial charge is 0.638 e. The van der Waals surface area contributed by atoms with Gasteiger partial charge in [-0.2, -0.15) is 0 Å². The van der Waals surface area contributed by atoms with E-state index in [0.717, 1.165) is 77.5 Å². The van der Waals surface area contributed by atoms with Gasteiger partial charge >= 0.3 is 57.4 Å². The first-order valence-electron chi connectivity index (χ1n) is 25.6. The Balaban J connectivity index is 0.000000863. The number of hydrogen-bond acceptors (Lipinski definition) is 10. The number of carboxylic acids is 1. The van der Waals surface area contributed by atoms with Gasteiger partial charge < -0.3 is 46.0 Å². The van der Waals surface area contributed by atoms with Crippen molar-refractivity contribution in [1.82, 2.24) is 24.1 Å². The molecule has 3 heterocycles. The second-order valence-corrected chi connectivity index (χ2v) is 18.6. The summed E-state index contributed by atoms with van der Waals surface area (Å²) in [5.41, 5.74) is 14.9. The summed E-state index contributed by atoms with van der Waals surface area (Å²) < 4.78 is 2.81. The SMILES string of the molecule is CC.CC/C=C(/Nc1ccc2c(c1)-c1cn(C)c(=O)c3[nH]c(C(N)=O)c(c13)CN2c1ccccc1)C(C)[N-]CNC(CN(C)C(CC)CC(C=O)N(S)C(=O)CC)=C1CC1.CCC(=O)O.CCC1CCC1.[K+]. The fourth-order valence-electron chi connectivity index (χ4n) is 8.73. The molecule has 15 nitrogen and oxygen atoms in total. The number of para-hydroxylation sites is 1. The molecule has 4 aromatic rings. The third-order valence-corrected chi connectivity index (χ3v) is 13.9. The monoisotopic (exact) mass is 1030 g/mol. The van der Waals surface area contributed by atoms with Crippen LogP contribution in [0.25, 0.3) is 27.3 Å². The minimum Gasteiger partial charge on any atom is -0.638 e. The Labute approximate surface area is 476 Å². The first-order chi connectivity index (χ1) is 34.1. The number of pyridine rings is 1. The number of thiol groups is 1. The van der Waals surface area contributed by atoms with Gasteiger partial charge in [0.15, 0.2) is 0 Å². The zero-order valence-electron chi connectivity index (χ0n) is 44.8. The Bertz CT molecular complexity index is 2530. The zero-order chi connectivity index (χ0) is 52.4. The Kier molecular flexibility index (Phi) is 26.6. The number of H-pyrrole nitrogens is 1. The number of carboxylic acid groups (broad SMARTS) is 1. The van der Waals surface area contributed by atoms with Crippen molar-refractivity contribution in [2.75, 3.05) is 30.5 Å². The summed E-state index contributed by atoms with van der Waals surface area (Å²) in [6.45, 7) is 17.4. The summed E-state index contributed by atoms with van der Waals surface area (Å²) in [5.74, 6) is -0.413. The van der Waals surface area contributed by atoms with Crippen LogP contribution in [0.2, 0.25) is 0 Å². The molecule has 17 heteroatoms. The number of benzene rings is 2. The summed E-state index contributed by atoms with van der Waals surface area (Å²) >= 11 is 4.34. The van der Waals surface area contributed by atoms with Gasteiger partial charge in [-0.3, -0.25) is 28.4 Å². The Morgan fingerprint density at radius 2 is 1.69 bits per heavy atom. The van der Waals surface area contributed by atoms with Crippen LogP contribution in [0, 0.1) is 5.92 Å². The van der Waals surface area contributed by atoms with Crippen molar-refractivity contribution in [2.24, 2.45) is 18.7 Å². The number of allylic oxidation sites excluding steroid dienone is 2. The van der Waals surface area contributed by atoms with Crippen molar-refractivity contribution in [2.45, 2.75) is 151 Å². The van der Waals surface area contributed by atoms with Crippen LogP contribution in [-0.2, 0) is 28.0 Å². The molecule has 388 valence electrons. The van der Waals surface area contributed by atoms with E-state index >= 15 is 0 Å². The molecule has 6 N–H and O–H groups in total. The molecule has 2 aromatic heterocycles. The molecule has 3 atom stereocenters. The maximum atomic E-state index is 13.4. The largest absolute Gasteiger partial charge is 1.00 e. The van der Waals surface area contributed by atoms with Gasteiger partial charge in [0.1, 0.15) is 17.5 Å². The van der Waals surface area contributed by atoms with Gasteiger partial charge in [-0.25, -0.2) is 0 Å². The molecule has 0 radical (unpaired) electrons. The van der Waals surface area contributed by atoms with E-state index in [2.05, 4.69) is 97.2 Å². The number of aldehydes is 1. The fraction of sp³-hybridized carbons (Fsp3) is 0.509. The number of fused-ring (bicyclic) bond motifs is 2. The number of nitrogens with two attached hydrogens (primary N) is 1. The van der Waals surface area contributed by atoms with Gasteiger partial charge in [0.25, 0.3) is 11.5 Å². The van der Waals surface area contributed by atoms with E-state index < -0.39 is 17.9 Å². The number of aromatic amines is 1. The molecule has 2 amide bonds. The number of rotatable bonds is 21. The molecule has 3 unspecified atom stereocenters. The van der Waals surface area contributed by atoms with Crippen LogP contribution in [0.5, 0.6) is 0 Å². The van der Waals surface area contributed by atoms with Crippen LogP contribution in [0.3, 0.4) is 0 Å². The number of carbonyl (C=O) groups is 4. The van der Waals surface area contributed by atoms with Crippen molar-refractivity contribution in [3.8, 4) is 11.1 Å². The summed E-state index contributed by atoms with van der Waals surface area (Å²) in [4.78, 5) is 67.2. The van der Waals surface area contributed by atoms with Crippen LogP contribution >= 0.6 is 12.8 Å². The van der Waals surface area contributed by atoms with Gasteiger partial charge in [-0.15, -0.1) is 0 Å². The summed E-state index contributed by atoms with van der Waals surface area (Å²) in [7, 11) is 3.77. The molecule has 2 aliphatic carbocycles. The summed E-state index contributed by atoms with van der Waals surface area (Å²) in [6.07, 6.45) is 15.5. The molecule has 2 aromatic carbocycles. The van der Waals surface area contributed by atoms with Gasteiger partial charge in [0, 0.05) is 83.5 Å². The quantitative estimate of drug-likeness (QED) is 0.0272. The third kappa shape index (κ3) is 16.7. The average Bonchev–Trinajstić information content (AvgIpc) is 4.16. The Morgan fingerprint density at radius 1 is 1.03 bits per heavy atom. The van der Waals surface area contributed by atoms with Crippen molar-refractivity contribution in [3.05, 3.63) is 105 Å². The molecule has 2 fully saturated rings. The van der Waals surface area contributed by atoms with Crippen molar-refractivity contribution in [3.63, 3.8) is 0 Å². The van der Waals surface area contributed by atoms with Gasteiger partial charge in [0.05, 0.1) is 12.6 Å². The van der Waals surface area contributed by atoms with E-state index in [1.807, 2.05) is 50.4 Å². The Morgan fingerprint density at radius 3 is 2.21 bits per heavy atom. The van der Waals surface area contributed by atoms with Crippen LogP contribution in [0.4, 0.5) is 17.1 Å². The number of primary amides is 1. The average molecular weight is 1030 g/mol.